The second-order valence-electron chi connectivity index (χ2n) is 7.18. The van der Waals surface area contributed by atoms with Gasteiger partial charge in [-0.3, -0.25) is 0 Å². The highest BCUT2D eigenvalue weighted by atomic mass is 32.4. The van der Waals surface area contributed by atoms with E-state index in [1.807, 2.05) is 18.2 Å². The summed E-state index contributed by atoms with van der Waals surface area (Å²) >= 11 is 2.09. The van der Waals surface area contributed by atoms with Crippen LogP contribution < -0.4 is 0 Å². The second-order valence-corrected chi connectivity index (χ2v) is 14.8. The van der Waals surface area contributed by atoms with Crippen molar-refractivity contribution in [2.75, 3.05) is 25.6 Å². The average molecular weight is 419 g/mol. The number of rotatable bonds is 13. The molecule has 0 bridgehead atoms. The minimum absolute atomic E-state index is 0.331. The zero-order valence-electron chi connectivity index (χ0n) is 15.9. The highest BCUT2D eigenvalue weighted by molar-refractivity contribution is 8.28. The molecule has 0 N–H and O–H groups in total. The fourth-order valence-electron chi connectivity index (χ4n) is 3.36. The summed E-state index contributed by atoms with van der Waals surface area (Å²) in [5.74, 6) is 4.18. The van der Waals surface area contributed by atoms with E-state index in [-0.39, 0.29) is 0 Å². The summed E-state index contributed by atoms with van der Waals surface area (Å²) in [5, 5.41) is 0. The standard InChI is InChI=1S/C21H26O5SSi/c1-5-18(23-9-1)15-28(16-19-6-2-10-24-19,17-20-7-3-11-25-20)27-12-4-8-22-13-21-14-26-21/h1-3,5-7,9-11,21H,4,8,12-17H2. The fourth-order valence-corrected chi connectivity index (χ4v) is 11.2. The van der Waals surface area contributed by atoms with Crippen LogP contribution in [0.15, 0.2) is 68.4 Å². The van der Waals surface area contributed by atoms with Crippen molar-refractivity contribution in [3.8, 4) is 0 Å². The number of hydrogen-bond donors (Lipinski definition) is 0. The van der Waals surface area contributed by atoms with E-state index in [0.717, 1.165) is 67.4 Å². The molecule has 28 heavy (non-hydrogen) atoms. The van der Waals surface area contributed by atoms with E-state index in [9.17, 15) is 0 Å². The van der Waals surface area contributed by atoms with Crippen molar-refractivity contribution in [2.45, 2.75) is 30.7 Å². The normalized spacial score (nSPS) is 16.5. The molecule has 1 atom stereocenters. The first kappa shape index (κ1) is 19.6. The summed E-state index contributed by atoms with van der Waals surface area (Å²) in [7, 11) is -1.92. The van der Waals surface area contributed by atoms with Gasteiger partial charge in [0, 0.05) is 24.7 Å². The first-order valence-corrected chi connectivity index (χ1v) is 14.0. The fraction of sp³-hybridized carbons (Fsp3) is 0.429. The van der Waals surface area contributed by atoms with E-state index in [2.05, 4.69) is 29.4 Å². The lowest BCUT2D eigenvalue weighted by Crippen LogP contribution is -2.41. The van der Waals surface area contributed by atoms with Crippen molar-refractivity contribution in [1.29, 1.82) is 0 Å². The van der Waals surface area contributed by atoms with Gasteiger partial charge in [-0.2, -0.15) is 11.2 Å². The van der Waals surface area contributed by atoms with E-state index in [1.165, 1.54) is 0 Å². The quantitative estimate of drug-likeness (QED) is 0.230. The Bertz CT molecular complexity index is 692. The molecule has 0 aliphatic carbocycles. The van der Waals surface area contributed by atoms with Gasteiger partial charge >= 0.3 is 0 Å². The van der Waals surface area contributed by atoms with Gasteiger partial charge in [-0.25, -0.2) is 0 Å². The monoisotopic (exact) mass is 418 g/mol. The second kappa shape index (κ2) is 9.69. The summed E-state index contributed by atoms with van der Waals surface area (Å²) in [6.45, 7) is 2.35. The molecule has 0 radical (unpaired) electrons. The molecule has 1 saturated heterocycles. The first-order valence-electron chi connectivity index (χ1n) is 9.72. The highest BCUT2D eigenvalue weighted by Crippen LogP contribution is 2.33. The van der Waals surface area contributed by atoms with E-state index in [1.54, 1.807) is 18.8 Å². The minimum Gasteiger partial charge on any atom is -0.470 e. The van der Waals surface area contributed by atoms with Crippen LogP contribution in [0.25, 0.3) is 0 Å². The summed E-state index contributed by atoms with van der Waals surface area (Å²) in [4.78, 5) is 0. The predicted octanol–water partition coefficient (Wildman–Crippen LogP) is 4.60. The van der Waals surface area contributed by atoms with Crippen LogP contribution in [0.3, 0.4) is 0 Å². The van der Waals surface area contributed by atoms with E-state index in [0.29, 0.717) is 6.10 Å². The molecule has 4 heterocycles. The van der Waals surface area contributed by atoms with Crippen molar-refractivity contribution in [2.24, 2.45) is 0 Å². The summed E-state index contributed by atoms with van der Waals surface area (Å²) < 4.78 is 28.1. The Hall–Kier alpha value is -1.67. The van der Waals surface area contributed by atoms with Gasteiger partial charge in [-0.05, 0) is 48.6 Å². The van der Waals surface area contributed by atoms with Crippen LogP contribution in [0, 0.1) is 0 Å². The molecule has 150 valence electrons. The van der Waals surface area contributed by atoms with Crippen LogP contribution in [-0.4, -0.2) is 38.9 Å². The zero-order valence-corrected chi connectivity index (χ0v) is 17.7. The van der Waals surface area contributed by atoms with Crippen LogP contribution in [0.5, 0.6) is 0 Å². The number of epoxide rings is 1. The topological polar surface area (TPSA) is 61.2 Å². The SMILES string of the molecule is c1coc(C[Si](Cc2ccco2)(Cc2ccco2)SCCCOCC2CO2)c1. The molecule has 1 aliphatic rings. The number of ether oxygens (including phenoxy) is 2. The molecule has 3 aromatic rings. The molecule has 0 aromatic carbocycles. The van der Waals surface area contributed by atoms with E-state index < -0.39 is 7.22 Å². The predicted molar refractivity (Wildman–Crippen MR) is 111 cm³/mol. The Labute approximate surface area is 170 Å². The number of hydrogen-bond acceptors (Lipinski definition) is 6. The molecule has 1 unspecified atom stereocenters. The van der Waals surface area contributed by atoms with Gasteiger partial charge in [0.15, 0.2) is 0 Å². The van der Waals surface area contributed by atoms with Crippen LogP contribution in [0.2, 0.25) is 0 Å². The molecule has 0 spiro atoms. The van der Waals surface area contributed by atoms with Crippen LogP contribution in [0.1, 0.15) is 23.7 Å². The Morgan fingerprint density at radius 2 is 1.43 bits per heavy atom. The maximum absolute atomic E-state index is 5.73. The van der Waals surface area contributed by atoms with Crippen LogP contribution in [-0.2, 0) is 27.6 Å². The third-order valence-corrected chi connectivity index (χ3v) is 12.6. The van der Waals surface area contributed by atoms with Crippen LogP contribution in [0.4, 0.5) is 0 Å². The van der Waals surface area contributed by atoms with Crippen molar-refractivity contribution >= 4 is 18.4 Å². The van der Waals surface area contributed by atoms with Gasteiger partial charge in [-0.1, -0.05) is 0 Å². The lowest BCUT2D eigenvalue weighted by Gasteiger charge is -2.29. The molecular formula is C21H26O5SSi. The van der Waals surface area contributed by atoms with Gasteiger partial charge < -0.3 is 22.7 Å². The molecule has 5 nitrogen and oxygen atoms in total. The van der Waals surface area contributed by atoms with Crippen LogP contribution >= 0.6 is 11.2 Å². The van der Waals surface area contributed by atoms with Crippen molar-refractivity contribution in [3.05, 3.63) is 72.5 Å². The molecule has 0 amide bonds. The smallest absolute Gasteiger partial charge is 0.139 e. The first-order chi connectivity index (χ1) is 13.8. The molecule has 3 aromatic heterocycles. The third kappa shape index (κ3) is 5.91. The molecule has 4 rings (SSSR count). The van der Waals surface area contributed by atoms with Crippen molar-refractivity contribution in [1.82, 2.24) is 0 Å². The lowest BCUT2D eigenvalue weighted by molar-refractivity contribution is 0.117. The van der Waals surface area contributed by atoms with Gasteiger partial charge in [0.05, 0.1) is 32.0 Å². The Balaban J connectivity index is 1.44. The summed E-state index contributed by atoms with van der Waals surface area (Å²) in [6, 6.07) is 15.0. The Morgan fingerprint density at radius 1 is 0.893 bits per heavy atom. The Morgan fingerprint density at radius 3 is 1.86 bits per heavy atom. The molecule has 0 saturated carbocycles. The lowest BCUT2D eigenvalue weighted by atomic mass is 10.5. The zero-order chi connectivity index (χ0) is 19.1. The summed E-state index contributed by atoms with van der Waals surface area (Å²) in [5.41, 5.74) is 0. The minimum atomic E-state index is -1.92. The highest BCUT2D eigenvalue weighted by Gasteiger charge is 2.37. The molecular weight excluding hydrogens is 392 g/mol. The maximum atomic E-state index is 5.73. The molecule has 1 fully saturated rings. The van der Waals surface area contributed by atoms with Gasteiger partial charge in [-0.15, -0.1) is 0 Å². The van der Waals surface area contributed by atoms with E-state index in [4.69, 9.17) is 22.7 Å². The molecule has 1 aliphatic heterocycles. The largest absolute Gasteiger partial charge is 0.470 e. The van der Waals surface area contributed by atoms with Gasteiger partial charge in [0.1, 0.15) is 30.6 Å². The molecule has 7 heteroatoms. The third-order valence-electron chi connectivity index (χ3n) is 4.78. The van der Waals surface area contributed by atoms with Crippen molar-refractivity contribution in [3.63, 3.8) is 0 Å². The van der Waals surface area contributed by atoms with Gasteiger partial charge in [0.25, 0.3) is 0 Å². The maximum Gasteiger partial charge on any atom is 0.139 e. The van der Waals surface area contributed by atoms with Crippen molar-refractivity contribution < 1.29 is 22.7 Å². The Kier molecular flexibility index (Phi) is 6.80. The van der Waals surface area contributed by atoms with E-state index >= 15 is 0 Å². The average Bonchev–Trinajstić information content (AvgIpc) is 3.13. The van der Waals surface area contributed by atoms with Gasteiger partial charge in [0.2, 0.25) is 0 Å². The number of furan rings is 3. The summed E-state index contributed by atoms with van der Waals surface area (Å²) in [6.07, 6.45) is 6.63.